The molecule has 0 saturated carbocycles. The van der Waals surface area contributed by atoms with E-state index in [1.807, 2.05) is 12.1 Å². The van der Waals surface area contributed by atoms with Crippen LogP contribution in [0.5, 0.6) is 17.2 Å². The molecule has 0 fully saturated rings. The van der Waals surface area contributed by atoms with Gasteiger partial charge in [-0.05, 0) is 35.7 Å². The molecule has 0 saturated heterocycles. The van der Waals surface area contributed by atoms with E-state index in [1.54, 1.807) is 12.1 Å². The van der Waals surface area contributed by atoms with Crippen LogP contribution in [0, 0.1) is 0 Å². The summed E-state index contributed by atoms with van der Waals surface area (Å²) in [5, 5.41) is 3.74. The van der Waals surface area contributed by atoms with Crippen LogP contribution in [0.25, 0.3) is 0 Å². The molecule has 0 atom stereocenters. The van der Waals surface area contributed by atoms with E-state index < -0.39 is 0 Å². The van der Waals surface area contributed by atoms with E-state index in [1.165, 1.54) is 38.2 Å². The van der Waals surface area contributed by atoms with E-state index in [0.29, 0.717) is 33.0 Å². The Morgan fingerprint density at radius 1 is 1.00 bits per heavy atom. The van der Waals surface area contributed by atoms with Crippen molar-refractivity contribution in [2.75, 3.05) is 32.4 Å². The first-order valence-electron chi connectivity index (χ1n) is 9.36. The summed E-state index contributed by atoms with van der Waals surface area (Å²) >= 11 is 1.19. The smallest absolute Gasteiger partial charge is 0.210 e. The van der Waals surface area contributed by atoms with E-state index in [-0.39, 0.29) is 17.4 Å². The first kappa shape index (κ1) is 21.4. The number of hydrogen-bond acceptors (Lipinski definition) is 8. The van der Waals surface area contributed by atoms with Gasteiger partial charge in [0.1, 0.15) is 10.7 Å². The first-order valence-corrected chi connectivity index (χ1v) is 10.2. The molecule has 0 unspecified atom stereocenters. The molecule has 1 heterocycles. The maximum Gasteiger partial charge on any atom is 0.210 e. The fourth-order valence-electron chi connectivity index (χ4n) is 3.03. The molecule has 1 aromatic heterocycles. The second-order valence-corrected chi connectivity index (χ2v) is 7.85. The number of benzene rings is 2. The van der Waals surface area contributed by atoms with Gasteiger partial charge in [-0.25, -0.2) is 4.98 Å². The summed E-state index contributed by atoms with van der Waals surface area (Å²) in [6.45, 7) is 4.29. The molecular formula is C22H25N3O4S. The number of nitrogens with zero attached hydrogens (tertiary/aromatic N) is 1. The lowest BCUT2D eigenvalue weighted by Gasteiger charge is -2.14. The Hall–Kier alpha value is -3.26. The van der Waals surface area contributed by atoms with Crippen LogP contribution in [0.15, 0.2) is 36.4 Å². The zero-order valence-electron chi connectivity index (χ0n) is 17.6. The zero-order valence-corrected chi connectivity index (χ0v) is 18.4. The fourth-order valence-corrected chi connectivity index (χ4v) is 3.88. The Morgan fingerprint density at radius 2 is 1.67 bits per heavy atom. The molecule has 8 heteroatoms. The number of nitrogens with two attached hydrogens (primary N) is 1. The minimum atomic E-state index is -0.300. The number of methoxy groups -OCH3 is 3. The number of carbonyl (C=O) groups excluding carboxylic acids is 1. The highest BCUT2D eigenvalue weighted by Crippen LogP contribution is 2.41. The van der Waals surface area contributed by atoms with Crippen LogP contribution in [-0.2, 0) is 0 Å². The number of ketones is 1. The molecule has 0 bridgehead atoms. The van der Waals surface area contributed by atoms with Gasteiger partial charge in [-0.1, -0.05) is 37.3 Å². The largest absolute Gasteiger partial charge is 0.493 e. The Kier molecular flexibility index (Phi) is 6.47. The molecule has 0 aliphatic heterocycles. The third kappa shape index (κ3) is 4.18. The molecule has 0 spiro atoms. The maximum absolute atomic E-state index is 13.2. The lowest BCUT2D eigenvalue weighted by Crippen LogP contribution is -2.06. The summed E-state index contributed by atoms with van der Waals surface area (Å²) < 4.78 is 16.1. The lowest BCUT2D eigenvalue weighted by atomic mass is 10.0. The number of nitrogens with one attached hydrogen (secondary N) is 1. The van der Waals surface area contributed by atoms with Gasteiger partial charge in [0, 0.05) is 5.69 Å². The highest BCUT2D eigenvalue weighted by Gasteiger charge is 2.25. The number of thiazole rings is 1. The van der Waals surface area contributed by atoms with Gasteiger partial charge >= 0.3 is 0 Å². The highest BCUT2D eigenvalue weighted by atomic mass is 32.1. The van der Waals surface area contributed by atoms with Crippen molar-refractivity contribution in [3.05, 3.63) is 52.4 Å². The summed E-state index contributed by atoms with van der Waals surface area (Å²) in [5.41, 5.74) is 8.49. The van der Waals surface area contributed by atoms with Crippen molar-refractivity contribution < 1.29 is 19.0 Å². The second kappa shape index (κ2) is 9.04. The van der Waals surface area contributed by atoms with Gasteiger partial charge in [-0.2, -0.15) is 0 Å². The molecule has 7 nitrogen and oxygen atoms in total. The predicted molar refractivity (Wildman–Crippen MR) is 120 cm³/mol. The Balaban J connectivity index is 1.90. The van der Waals surface area contributed by atoms with E-state index >= 15 is 0 Å². The third-order valence-corrected chi connectivity index (χ3v) is 5.62. The molecule has 2 aromatic carbocycles. The highest BCUT2D eigenvalue weighted by molar-refractivity contribution is 7.18. The van der Waals surface area contributed by atoms with Gasteiger partial charge in [0.25, 0.3) is 0 Å². The first-order chi connectivity index (χ1) is 14.4. The number of ether oxygens (including phenoxy) is 3. The van der Waals surface area contributed by atoms with Gasteiger partial charge in [0.15, 0.2) is 16.6 Å². The summed E-state index contributed by atoms with van der Waals surface area (Å²) in [5.74, 6) is 1.41. The topological polar surface area (TPSA) is 95.7 Å². The average Bonchev–Trinajstić information content (AvgIpc) is 3.12. The van der Waals surface area contributed by atoms with Crippen molar-refractivity contribution in [1.29, 1.82) is 0 Å². The quantitative estimate of drug-likeness (QED) is 0.496. The van der Waals surface area contributed by atoms with Gasteiger partial charge in [0.05, 0.1) is 26.9 Å². The molecule has 0 amide bonds. The number of nitrogen functional groups attached to an aromatic ring is 1. The van der Waals surface area contributed by atoms with Gasteiger partial charge in [0.2, 0.25) is 11.5 Å². The van der Waals surface area contributed by atoms with Crippen LogP contribution in [0.2, 0.25) is 0 Å². The SMILES string of the molecule is COc1ccc(C(=O)c2sc(Nc3ccc(C(C)C)cc3)nc2N)c(OC)c1OC. The number of carbonyl (C=O) groups is 1. The summed E-state index contributed by atoms with van der Waals surface area (Å²) in [7, 11) is 4.48. The van der Waals surface area contributed by atoms with Crippen LogP contribution < -0.4 is 25.3 Å². The molecule has 3 N–H and O–H groups in total. The average molecular weight is 428 g/mol. The van der Waals surface area contributed by atoms with Crippen LogP contribution in [-0.4, -0.2) is 32.1 Å². The van der Waals surface area contributed by atoms with E-state index in [4.69, 9.17) is 19.9 Å². The van der Waals surface area contributed by atoms with Crippen molar-refractivity contribution in [2.24, 2.45) is 0 Å². The van der Waals surface area contributed by atoms with Crippen molar-refractivity contribution in [2.45, 2.75) is 19.8 Å². The van der Waals surface area contributed by atoms with Gasteiger partial charge < -0.3 is 25.3 Å². The van der Waals surface area contributed by atoms with Crippen molar-refractivity contribution >= 4 is 33.8 Å². The van der Waals surface area contributed by atoms with Crippen LogP contribution in [0.4, 0.5) is 16.6 Å². The predicted octanol–water partition coefficient (Wildman–Crippen LogP) is 4.85. The third-order valence-electron chi connectivity index (χ3n) is 4.64. The minimum Gasteiger partial charge on any atom is -0.493 e. The van der Waals surface area contributed by atoms with Crippen molar-refractivity contribution in [1.82, 2.24) is 4.98 Å². The molecule has 0 aliphatic rings. The summed E-state index contributed by atoms with van der Waals surface area (Å²) in [4.78, 5) is 17.8. The Labute approximate surface area is 179 Å². The zero-order chi connectivity index (χ0) is 21.8. The molecule has 158 valence electrons. The van der Waals surface area contributed by atoms with Crippen LogP contribution in [0.3, 0.4) is 0 Å². The second-order valence-electron chi connectivity index (χ2n) is 6.85. The fraction of sp³-hybridized carbons (Fsp3) is 0.273. The molecule has 3 rings (SSSR count). The van der Waals surface area contributed by atoms with E-state index in [9.17, 15) is 4.79 Å². The Morgan fingerprint density at radius 3 is 2.23 bits per heavy atom. The monoisotopic (exact) mass is 427 g/mol. The standard InChI is InChI=1S/C22H25N3O4S/c1-12(2)13-6-8-14(9-7-13)24-22-25-21(23)20(30-22)17(26)15-10-11-16(27-3)19(29-5)18(15)28-4/h6-12H,23H2,1-5H3,(H,24,25). The summed E-state index contributed by atoms with van der Waals surface area (Å²) in [6.07, 6.45) is 0. The van der Waals surface area contributed by atoms with Crippen LogP contribution in [0.1, 0.15) is 40.6 Å². The number of aromatic nitrogens is 1. The van der Waals surface area contributed by atoms with E-state index in [2.05, 4.69) is 36.3 Å². The minimum absolute atomic E-state index is 0.156. The lowest BCUT2D eigenvalue weighted by molar-refractivity contribution is 0.103. The molecule has 30 heavy (non-hydrogen) atoms. The van der Waals surface area contributed by atoms with E-state index in [0.717, 1.165) is 5.69 Å². The number of rotatable bonds is 8. The molecule has 3 aromatic rings. The molecular weight excluding hydrogens is 402 g/mol. The van der Waals surface area contributed by atoms with Crippen molar-refractivity contribution in [3.63, 3.8) is 0 Å². The van der Waals surface area contributed by atoms with Gasteiger partial charge in [-0.3, -0.25) is 4.79 Å². The normalized spacial score (nSPS) is 10.7. The van der Waals surface area contributed by atoms with Crippen molar-refractivity contribution in [3.8, 4) is 17.2 Å². The maximum atomic E-state index is 13.2. The Bertz CT molecular complexity index is 1050. The molecule has 0 aliphatic carbocycles. The number of anilines is 3. The number of hydrogen-bond donors (Lipinski definition) is 2. The summed E-state index contributed by atoms with van der Waals surface area (Å²) in [6, 6.07) is 11.4. The van der Waals surface area contributed by atoms with Crippen LogP contribution >= 0.6 is 11.3 Å². The van der Waals surface area contributed by atoms with Gasteiger partial charge in [-0.15, -0.1) is 0 Å². The molecule has 0 radical (unpaired) electrons.